The monoisotopic (exact) mass is 540 g/mol. The summed E-state index contributed by atoms with van der Waals surface area (Å²) in [6.45, 7) is 8.84. The van der Waals surface area contributed by atoms with Crippen LogP contribution in [0.2, 0.25) is 5.02 Å². The second kappa shape index (κ2) is 13.2. The predicted molar refractivity (Wildman–Crippen MR) is 155 cm³/mol. The summed E-state index contributed by atoms with van der Waals surface area (Å²) in [5, 5.41) is 3.49. The van der Waals surface area contributed by atoms with Gasteiger partial charge in [0.2, 0.25) is 5.95 Å². The minimum atomic E-state index is -0.208. The lowest BCUT2D eigenvalue weighted by molar-refractivity contribution is 0.249. The summed E-state index contributed by atoms with van der Waals surface area (Å²) in [5.41, 5.74) is 8.66. The van der Waals surface area contributed by atoms with Crippen molar-refractivity contribution in [2.24, 2.45) is 5.92 Å². The summed E-state index contributed by atoms with van der Waals surface area (Å²) < 4.78 is 10.8. The lowest BCUT2D eigenvalue weighted by Crippen LogP contribution is -2.49. The van der Waals surface area contributed by atoms with E-state index in [-0.39, 0.29) is 12.6 Å². The molecule has 0 spiro atoms. The number of aromatic nitrogens is 2. The first-order valence-corrected chi connectivity index (χ1v) is 13.3. The Balaban J connectivity index is 0.000000956. The number of nitrogens with zero attached hydrogens (tertiary/aromatic N) is 4. The number of ether oxygens (including phenoxy) is 2. The number of nitrogens with one attached hydrogen (secondary N) is 1. The van der Waals surface area contributed by atoms with Gasteiger partial charge in [-0.2, -0.15) is 4.98 Å². The SMILES string of the molecule is CC.CC.COc1cc(OC)c(Cl)c(N2Cc3cnc(Nc4ccccc4N)nc3N(CC3CC3)C2=O)c1. The molecule has 2 aliphatic rings. The maximum absolute atomic E-state index is 13.7. The number of urea groups is 1. The van der Waals surface area contributed by atoms with Gasteiger partial charge < -0.3 is 20.5 Å². The molecule has 1 fully saturated rings. The number of halogens is 1. The van der Waals surface area contributed by atoms with Crippen molar-refractivity contribution in [3.8, 4) is 11.5 Å². The first-order valence-electron chi connectivity index (χ1n) is 13.0. The van der Waals surface area contributed by atoms with Gasteiger partial charge in [-0.1, -0.05) is 51.4 Å². The van der Waals surface area contributed by atoms with Crippen molar-refractivity contribution in [2.45, 2.75) is 47.1 Å². The standard InChI is InChI=1S/C24H25ClN6O3.2C2H6/c1-33-16-9-19(21(25)20(10-16)34-2)30-13-15-11-27-23(28-18-6-4-3-5-17(18)26)29-22(15)31(24(30)32)12-14-7-8-14;2*1-2/h3-6,9-11,14H,7-8,12-13,26H2,1-2H3,(H,27,28,29);2*1-2H3. The van der Waals surface area contributed by atoms with Crippen LogP contribution < -0.4 is 30.3 Å². The van der Waals surface area contributed by atoms with Crippen LogP contribution in [-0.2, 0) is 6.54 Å². The Morgan fingerprint density at radius 2 is 1.82 bits per heavy atom. The third-order valence-corrected chi connectivity index (χ3v) is 6.35. The number of hydrogen-bond donors (Lipinski definition) is 2. The number of hydrogen-bond acceptors (Lipinski definition) is 7. The number of amides is 2. The summed E-state index contributed by atoms with van der Waals surface area (Å²) in [7, 11) is 3.08. The molecule has 0 atom stereocenters. The highest BCUT2D eigenvalue weighted by molar-refractivity contribution is 6.35. The van der Waals surface area contributed by atoms with Crippen LogP contribution in [0.4, 0.5) is 33.6 Å². The second-order valence-electron chi connectivity index (χ2n) is 8.34. The fourth-order valence-corrected chi connectivity index (χ4v) is 4.23. The Labute approximate surface area is 229 Å². The zero-order valence-corrected chi connectivity index (χ0v) is 23.7. The number of nitrogens with two attached hydrogens (primary N) is 1. The summed E-state index contributed by atoms with van der Waals surface area (Å²) >= 11 is 6.61. The van der Waals surface area contributed by atoms with Gasteiger partial charge in [0.1, 0.15) is 22.3 Å². The number of methoxy groups -OCH3 is 2. The van der Waals surface area contributed by atoms with E-state index in [1.165, 1.54) is 7.11 Å². The van der Waals surface area contributed by atoms with Crippen LogP contribution in [0.25, 0.3) is 0 Å². The number of rotatable bonds is 7. The predicted octanol–water partition coefficient (Wildman–Crippen LogP) is 6.88. The molecule has 1 saturated carbocycles. The molecular weight excluding hydrogens is 504 g/mol. The van der Waals surface area contributed by atoms with Crippen LogP contribution in [0.1, 0.15) is 46.1 Å². The second-order valence-corrected chi connectivity index (χ2v) is 8.72. The van der Waals surface area contributed by atoms with Gasteiger partial charge in [0.15, 0.2) is 0 Å². The number of nitrogen functional groups attached to an aromatic ring is 1. The zero-order chi connectivity index (χ0) is 27.8. The molecule has 0 bridgehead atoms. The maximum Gasteiger partial charge on any atom is 0.330 e. The Kier molecular flexibility index (Phi) is 10.0. The number of fused-ring (bicyclic) bond motifs is 1. The molecule has 10 heteroatoms. The molecule has 0 unspecified atom stereocenters. The van der Waals surface area contributed by atoms with Gasteiger partial charge in [-0.05, 0) is 30.9 Å². The van der Waals surface area contributed by atoms with E-state index < -0.39 is 0 Å². The van der Waals surface area contributed by atoms with Crippen LogP contribution in [0.5, 0.6) is 11.5 Å². The Hall–Kier alpha value is -3.72. The fourth-order valence-electron chi connectivity index (χ4n) is 3.94. The van der Waals surface area contributed by atoms with Crippen LogP contribution in [0, 0.1) is 5.92 Å². The molecule has 38 heavy (non-hydrogen) atoms. The van der Waals surface area contributed by atoms with Gasteiger partial charge in [0.05, 0.1) is 37.8 Å². The summed E-state index contributed by atoms with van der Waals surface area (Å²) in [5.74, 6) is 2.38. The van der Waals surface area contributed by atoms with Crippen molar-refractivity contribution in [2.75, 3.05) is 41.6 Å². The van der Waals surface area contributed by atoms with Crippen LogP contribution in [0.15, 0.2) is 42.6 Å². The molecule has 5 rings (SSSR count). The molecule has 3 aromatic rings. The Morgan fingerprint density at radius 1 is 1.11 bits per heavy atom. The smallest absolute Gasteiger partial charge is 0.330 e. The minimum Gasteiger partial charge on any atom is -0.497 e. The van der Waals surface area contributed by atoms with Gasteiger partial charge in [0, 0.05) is 30.4 Å². The highest BCUT2D eigenvalue weighted by atomic mass is 35.5. The van der Waals surface area contributed by atoms with Crippen LogP contribution in [0.3, 0.4) is 0 Å². The normalized spacial score (nSPS) is 13.9. The summed E-state index contributed by atoms with van der Waals surface area (Å²) in [6, 6.07) is 10.6. The summed E-state index contributed by atoms with van der Waals surface area (Å²) in [6.07, 6.45) is 3.90. The van der Waals surface area contributed by atoms with E-state index >= 15 is 0 Å². The molecule has 2 heterocycles. The third-order valence-electron chi connectivity index (χ3n) is 5.97. The van der Waals surface area contributed by atoms with E-state index in [4.69, 9.17) is 31.8 Å². The van der Waals surface area contributed by atoms with Gasteiger partial charge in [-0.3, -0.25) is 9.80 Å². The van der Waals surface area contributed by atoms with Gasteiger partial charge in [0.25, 0.3) is 0 Å². The van der Waals surface area contributed by atoms with Gasteiger partial charge in [-0.15, -0.1) is 0 Å². The molecule has 1 aliphatic carbocycles. The third kappa shape index (κ3) is 6.22. The molecule has 0 radical (unpaired) electrons. The number of benzene rings is 2. The molecule has 3 N–H and O–H groups in total. The molecule has 2 aromatic carbocycles. The quantitative estimate of drug-likeness (QED) is 0.314. The number of para-hydroxylation sites is 2. The van der Waals surface area contributed by atoms with Crippen molar-refractivity contribution in [3.63, 3.8) is 0 Å². The maximum atomic E-state index is 13.7. The van der Waals surface area contributed by atoms with Crippen molar-refractivity contribution in [3.05, 3.63) is 53.2 Å². The summed E-state index contributed by atoms with van der Waals surface area (Å²) in [4.78, 5) is 26.2. The largest absolute Gasteiger partial charge is 0.497 e. The minimum absolute atomic E-state index is 0.208. The first-order chi connectivity index (χ1) is 18.5. The van der Waals surface area contributed by atoms with E-state index in [2.05, 4.69) is 10.3 Å². The molecule has 2 amide bonds. The Bertz CT molecular complexity index is 1250. The van der Waals surface area contributed by atoms with Crippen molar-refractivity contribution in [1.82, 2.24) is 9.97 Å². The van der Waals surface area contributed by atoms with Crippen molar-refractivity contribution < 1.29 is 14.3 Å². The lowest BCUT2D eigenvalue weighted by Gasteiger charge is -2.36. The van der Waals surface area contributed by atoms with E-state index in [9.17, 15) is 4.79 Å². The van der Waals surface area contributed by atoms with Crippen LogP contribution in [-0.4, -0.2) is 36.8 Å². The molecule has 0 saturated heterocycles. The van der Waals surface area contributed by atoms with E-state index in [1.807, 2.05) is 45.9 Å². The van der Waals surface area contributed by atoms with E-state index in [0.717, 1.165) is 18.4 Å². The molecular formula is C28H37ClN6O3. The van der Waals surface area contributed by atoms with E-state index in [0.29, 0.717) is 57.8 Å². The average Bonchev–Trinajstić information content (AvgIpc) is 3.78. The lowest BCUT2D eigenvalue weighted by atomic mass is 10.1. The highest BCUT2D eigenvalue weighted by Gasteiger charge is 2.38. The molecule has 204 valence electrons. The van der Waals surface area contributed by atoms with Crippen molar-refractivity contribution in [1.29, 1.82) is 0 Å². The number of anilines is 5. The Morgan fingerprint density at radius 3 is 2.45 bits per heavy atom. The zero-order valence-electron chi connectivity index (χ0n) is 22.9. The van der Waals surface area contributed by atoms with E-state index in [1.54, 1.807) is 41.3 Å². The number of carbonyl (C=O) groups is 1. The van der Waals surface area contributed by atoms with Gasteiger partial charge >= 0.3 is 6.03 Å². The van der Waals surface area contributed by atoms with Crippen LogP contribution >= 0.6 is 11.6 Å². The first kappa shape index (κ1) is 28.8. The van der Waals surface area contributed by atoms with Gasteiger partial charge in [-0.25, -0.2) is 9.78 Å². The highest BCUT2D eigenvalue weighted by Crippen LogP contribution is 2.42. The molecule has 9 nitrogen and oxygen atoms in total. The van der Waals surface area contributed by atoms with Crippen molar-refractivity contribution >= 4 is 46.5 Å². The fraction of sp³-hybridized carbons (Fsp3) is 0.393. The molecule has 1 aromatic heterocycles. The molecule has 1 aliphatic heterocycles. The average molecular weight is 541 g/mol. The topological polar surface area (TPSA) is 106 Å². The number of carbonyl (C=O) groups excluding carboxylic acids is 1.